The summed E-state index contributed by atoms with van der Waals surface area (Å²) >= 11 is 0. The van der Waals surface area contributed by atoms with E-state index in [0.717, 1.165) is 11.3 Å². The maximum atomic E-state index is 11.9. The van der Waals surface area contributed by atoms with Crippen LogP contribution >= 0.6 is 0 Å². The van der Waals surface area contributed by atoms with Gasteiger partial charge in [0.1, 0.15) is 12.7 Å². The largest absolute Gasteiger partial charge is 0.289 e. The van der Waals surface area contributed by atoms with E-state index in [1.165, 1.54) is 6.33 Å². The molecule has 21 heavy (non-hydrogen) atoms. The van der Waals surface area contributed by atoms with E-state index in [4.69, 9.17) is 0 Å². The maximum Gasteiger partial charge on any atom is 0.189 e. The van der Waals surface area contributed by atoms with Gasteiger partial charge in [0.15, 0.2) is 5.78 Å². The normalized spacial score (nSPS) is 11.1. The molecule has 2 aromatic heterocycles. The van der Waals surface area contributed by atoms with Gasteiger partial charge in [-0.15, -0.1) is 0 Å². The summed E-state index contributed by atoms with van der Waals surface area (Å²) in [7, 11) is 1.78. The van der Waals surface area contributed by atoms with E-state index >= 15 is 0 Å². The molecule has 0 spiro atoms. The summed E-state index contributed by atoms with van der Waals surface area (Å²) in [4.78, 5) is 15.8. The Morgan fingerprint density at radius 1 is 1.19 bits per heavy atom. The summed E-state index contributed by atoms with van der Waals surface area (Å²) in [6, 6.07) is 7.68. The van der Waals surface area contributed by atoms with Crippen LogP contribution in [-0.2, 0) is 7.05 Å². The zero-order valence-electron chi connectivity index (χ0n) is 11.4. The van der Waals surface area contributed by atoms with Crippen LogP contribution in [0.2, 0.25) is 0 Å². The lowest BCUT2D eigenvalue weighted by Gasteiger charge is -2.00. The number of rotatable bonds is 4. The van der Waals surface area contributed by atoms with Gasteiger partial charge >= 0.3 is 0 Å². The Morgan fingerprint density at radius 2 is 2.00 bits per heavy atom. The van der Waals surface area contributed by atoms with Crippen molar-refractivity contribution in [2.24, 2.45) is 7.05 Å². The zero-order chi connectivity index (χ0) is 14.7. The van der Waals surface area contributed by atoms with Crippen LogP contribution in [0.25, 0.3) is 11.8 Å². The molecule has 0 saturated heterocycles. The fraction of sp³-hybridized carbons (Fsp3) is 0.0667. The first-order chi connectivity index (χ1) is 10.2. The Hall–Kier alpha value is -3.02. The Morgan fingerprint density at radius 3 is 2.62 bits per heavy atom. The van der Waals surface area contributed by atoms with Crippen LogP contribution in [0.15, 0.2) is 55.4 Å². The van der Waals surface area contributed by atoms with Gasteiger partial charge in [-0.1, -0.05) is 18.2 Å². The molecule has 0 unspecified atom stereocenters. The third kappa shape index (κ3) is 2.94. The lowest BCUT2D eigenvalue weighted by Crippen LogP contribution is -1.94. The minimum Gasteiger partial charge on any atom is -0.289 e. The van der Waals surface area contributed by atoms with Crippen LogP contribution in [0.3, 0.4) is 0 Å². The first kappa shape index (κ1) is 13.0. The van der Waals surface area contributed by atoms with Crippen molar-refractivity contribution in [3.63, 3.8) is 0 Å². The molecule has 0 aliphatic rings. The van der Waals surface area contributed by atoms with Crippen LogP contribution in [0.4, 0.5) is 0 Å². The predicted octanol–water partition coefficient (Wildman–Crippen LogP) is 1.90. The van der Waals surface area contributed by atoms with Gasteiger partial charge in [0.2, 0.25) is 0 Å². The molecule has 0 fully saturated rings. The van der Waals surface area contributed by atoms with Crippen molar-refractivity contribution >= 4 is 11.9 Å². The molecule has 0 aliphatic carbocycles. The highest BCUT2D eigenvalue weighted by Gasteiger charge is 2.03. The molecule has 0 bridgehead atoms. The first-order valence-corrected chi connectivity index (χ1v) is 6.38. The summed E-state index contributed by atoms with van der Waals surface area (Å²) in [5.74, 6) is -0.0662. The average molecular weight is 279 g/mol. The summed E-state index contributed by atoms with van der Waals surface area (Å²) in [6.45, 7) is 0. The van der Waals surface area contributed by atoms with E-state index in [1.54, 1.807) is 47.3 Å². The third-order valence-electron chi connectivity index (χ3n) is 2.99. The van der Waals surface area contributed by atoms with Gasteiger partial charge < -0.3 is 0 Å². The van der Waals surface area contributed by atoms with E-state index in [2.05, 4.69) is 15.2 Å². The lowest BCUT2D eigenvalue weighted by atomic mass is 10.1. The predicted molar refractivity (Wildman–Crippen MR) is 77.9 cm³/mol. The van der Waals surface area contributed by atoms with Crippen molar-refractivity contribution < 1.29 is 4.79 Å². The number of hydrogen-bond donors (Lipinski definition) is 0. The van der Waals surface area contributed by atoms with E-state index in [-0.39, 0.29) is 5.78 Å². The van der Waals surface area contributed by atoms with Crippen molar-refractivity contribution in [1.82, 2.24) is 24.5 Å². The Labute approximate surface area is 121 Å². The number of benzene rings is 1. The molecule has 3 rings (SSSR count). The summed E-state index contributed by atoms with van der Waals surface area (Å²) in [5, 5.41) is 8.04. The molecule has 0 saturated carbocycles. The van der Waals surface area contributed by atoms with Crippen LogP contribution in [-0.4, -0.2) is 30.3 Å². The lowest BCUT2D eigenvalue weighted by molar-refractivity contribution is 0.104. The second kappa shape index (κ2) is 5.54. The number of aromatic nitrogens is 5. The smallest absolute Gasteiger partial charge is 0.189 e. The first-order valence-electron chi connectivity index (χ1n) is 6.38. The highest BCUT2D eigenvalue weighted by atomic mass is 16.1. The number of carbonyl (C=O) groups is 1. The molecule has 0 atom stereocenters. The van der Waals surface area contributed by atoms with Crippen molar-refractivity contribution in [2.45, 2.75) is 0 Å². The van der Waals surface area contributed by atoms with Crippen LogP contribution in [0.1, 0.15) is 15.9 Å². The molecule has 0 aliphatic heterocycles. The number of ketones is 1. The van der Waals surface area contributed by atoms with Crippen molar-refractivity contribution in [3.05, 3.63) is 66.5 Å². The van der Waals surface area contributed by atoms with Crippen molar-refractivity contribution in [3.8, 4) is 5.69 Å². The van der Waals surface area contributed by atoms with Crippen molar-refractivity contribution in [1.29, 1.82) is 0 Å². The minimum absolute atomic E-state index is 0.0662. The van der Waals surface area contributed by atoms with Gasteiger partial charge in [-0.3, -0.25) is 9.48 Å². The van der Waals surface area contributed by atoms with Crippen molar-refractivity contribution in [2.75, 3.05) is 0 Å². The van der Waals surface area contributed by atoms with Gasteiger partial charge in [0.25, 0.3) is 0 Å². The number of hydrogen-bond acceptors (Lipinski definition) is 4. The highest BCUT2D eigenvalue weighted by molar-refractivity contribution is 6.06. The van der Waals surface area contributed by atoms with Gasteiger partial charge in [-0.2, -0.15) is 10.2 Å². The highest BCUT2D eigenvalue weighted by Crippen LogP contribution is 2.10. The molecule has 1 aromatic carbocycles. The molecular weight excluding hydrogens is 266 g/mol. The van der Waals surface area contributed by atoms with Gasteiger partial charge in [0, 0.05) is 13.2 Å². The monoisotopic (exact) mass is 279 g/mol. The van der Waals surface area contributed by atoms with E-state index in [1.807, 2.05) is 24.3 Å². The summed E-state index contributed by atoms with van der Waals surface area (Å²) in [5.41, 5.74) is 2.44. The summed E-state index contributed by atoms with van der Waals surface area (Å²) in [6.07, 6.45) is 9.69. The minimum atomic E-state index is -0.0662. The number of nitrogens with zero attached hydrogens (tertiary/aromatic N) is 5. The molecule has 6 heteroatoms. The summed E-state index contributed by atoms with van der Waals surface area (Å²) < 4.78 is 3.28. The van der Waals surface area contributed by atoms with Crippen LogP contribution < -0.4 is 0 Å². The SMILES string of the molecule is Cn1cc(C(=O)C=Cc2ccc(-n3cncn3)cc2)cn1. The fourth-order valence-electron chi connectivity index (χ4n) is 1.90. The van der Waals surface area contributed by atoms with Crippen LogP contribution in [0, 0.1) is 0 Å². The fourth-order valence-corrected chi connectivity index (χ4v) is 1.90. The Bertz CT molecular complexity index is 769. The average Bonchev–Trinajstić information content (AvgIpc) is 3.16. The number of aryl methyl sites for hydroxylation is 1. The third-order valence-corrected chi connectivity index (χ3v) is 2.99. The van der Waals surface area contributed by atoms with E-state index < -0.39 is 0 Å². The zero-order valence-corrected chi connectivity index (χ0v) is 11.4. The number of carbonyl (C=O) groups excluding carboxylic acids is 1. The Balaban J connectivity index is 1.73. The molecular formula is C15H13N5O. The van der Waals surface area contributed by atoms with Gasteiger partial charge in [-0.25, -0.2) is 9.67 Å². The van der Waals surface area contributed by atoms with Gasteiger partial charge in [-0.05, 0) is 23.8 Å². The molecule has 0 radical (unpaired) electrons. The maximum absolute atomic E-state index is 11.9. The number of allylic oxidation sites excluding steroid dienone is 1. The van der Waals surface area contributed by atoms with Gasteiger partial charge in [0.05, 0.1) is 17.4 Å². The van der Waals surface area contributed by atoms with Crippen LogP contribution in [0.5, 0.6) is 0 Å². The topological polar surface area (TPSA) is 65.6 Å². The quantitative estimate of drug-likeness (QED) is 0.540. The molecule has 6 nitrogen and oxygen atoms in total. The standard InChI is InChI=1S/C15H13N5O/c1-19-9-13(8-17-19)15(21)7-4-12-2-5-14(6-3-12)20-11-16-10-18-20/h2-11H,1H3. The molecule has 3 aromatic rings. The second-order valence-electron chi connectivity index (χ2n) is 4.53. The van der Waals surface area contributed by atoms with E-state index in [0.29, 0.717) is 5.56 Å². The molecule has 104 valence electrons. The molecule has 0 N–H and O–H groups in total. The second-order valence-corrected chi connectivity index (χ2v) is 4.53. The van der Waals surface area contributed by atoms with E-state index in [9.17, 15) is 4.79 Å². The molecule has 0 amide bonds. The Kier molecular flexibility index (Phi) is 3.42. The molecule has 2 heterocycles.